The van der Waals surface area contributed by atoms with Crippen LogP contribution in [0.25, 0.3) is 21.2 Å². The molecule has 0 aliphatic carbocycles. The second kappa shape index (κ2) is 7.13. The summed E-state index contributed by atoms with van der Waals surface area (Å²) in [6.07, 6.45) is 2.08. The smallest absolute Gasteiger partial charge is 0.315 e. The summed E-state index contributed by atoms with van der Waals surface area (Å²) in [7, 11) is 0. The number of hydrogen-bond donors (Lipinski definition) is 0. The minimum atomic E-state index is -0.345. The quantitative estimate of drug-likeness (QED) is 0.506. The van der Waals surface area contributed by atoms with Crippen molar-refractivity contribution in [1.29, 1.82) is 0 Å². The van der Waals surface area contributed by atoms with Crippen LogP contribution in [0, 0.1) is 6.92 Å². The molecular formula is C20H18N2O2S2. The molecule has 1 amide bonds. The Kier molecular flexibility index (Phi) is 4.70. The van der Waals surface area contributed by atoms with E-state index in [0.29, 0.717) is 10.4 Å². The Morgan fingerprint density at radius 3 is 2.88 bits per heavy atom. The van der Waals surface area contributed by atoms with E-state index in [-0.39, 0.29) is 11.7 Å². The fourth-order valence-electron chi connectivity index (χ4n) is 2.89. The van der Waals surface area contributed by atoms with Gasteiger partial charge in [-0.2, -0.15) is 16.8 Å². The topological polar surface area (TPSA) is 47.5 Å². The third-order valence-corrected chi connectivity index (χ3v) is 5.82. The van der Waals surface area contributed by atoms with Crippen LogP contribution >= 0.6 is 23.1 Å². The van der Waals surface area contributed by atoms with Gasteiger partial charge in [-0.1, -0.05) is 35.6 Å². The van der Waals surface area contributed by atoms with Crippen molar-refractivity contribution >= 4 is 50.2 Å². The van der Waals surface area contributed by atoms with Gasteiger partial charge in [-0.15, -0.1) is 0 Å². The second-order valence-electron chi connectivity index (χ2n) is 6.07. The maximum absolute atomic E-state index is 12.7. The van der Waals surface area contributed by atoms with Gasteiger partial charge in [-0.05, 0) is 43.0 Å². The Bertz CT molecular complexity index is 1130. The van der Waals surface area contributed by atoms with Crippen molar-refractivity contribution in [1.82, 2.24) is 4.57 Å². The van der Waals surface area contributed by atoms with E-state index in [1.807, 2.05) is 24.3 Å². The van der Waals surface area contributed by atoms with E-state index in [4.69, 9.17) is 4.42 Å². The molecule has 0 radical (unpaired) electrons. The molecule has 26 heavy (non-hydrogen) atoms. The third-order valence-electron chi connectivity index (χ3n) is 4.19. The van der Waals surface area contributed by atoms with Crippen LogP contribution in [0.4, 0.5) is 0 Å². The first-order valence-electron chi connectivity index (χ1n) is 8.32. The highest BCUT2D eigenvalue weighted by molar-refractivity contribution is 7.98. The van der Waals surface area contributed by atoms with Crippen LogP contribution < -0.4 is 4.80 Å². The van der Waals surface area contributed by atoms with Crippen LogP contribution in [-0.2, 0) is 6.54 Å². The van der Waals surface area contributed by atoms with Gasteiger partial charge in [0.25, 0.3) is 0 Å². The number of para-hydroxylation sites is 1. The van der Waals surface area contributed by atoms with Gasteiger partial charge < -0.3 is 8.98 Å². The Balaban J connectivity index is 1.81. The van der Waals surface area contributed by atoms with Gasteiger partial charge in [0.2, 0.25) is 0 Å². The number of thiazole rings is 1. The Hall–Kier alpha value is -2.31. The molecular weight excluding hydrogens is 364 g/mol. The van der Waals surface area contributed by atoms with E-state index >= 15 is 0 Å². The lowest BCUT2D eigenvalue weighted by molar-refractivity contribution is 0.0973. The summed E-state index contributed by atoms with van der Waals surface area (Å²) in [6, 6.07) is 15.7. The SMILES string of the molecule is CSCCn1c(=NC(=O)c2cc3ccccc3o2)sc2cc(C)ccc21. The lowest BCUT2D eigenvalue weighted by Gasteiger charge is -2.03. The number of benzene rings is 2. The van der Waals surface area contributed by atoms with E-state index in [1.54, 1.807) is 29.2 Å². The summed E-state index contributed by atoms with van der Waals surface area (Å²) in [5.74, 6) is 0.893. The van der Waals surface area contributed by atoms with Crippen LogP contribution in [0.5, 0.6) is 0 Å². The molecule has 0 aliphatic heterocycles. The zero-order valence-corrected chi connectivity index (χ0v) is 16.2. The van der Waals surface area contributed by atoms with Crippen LogP contribution in [0.15, 0.2) is 57.9 Å². The average Bonchev–Trinajstić information content (AvgIpc) is 3.20. The number of aryl methyl sites for hydroxylation is 2. The molecule has 2 heterocycles. The monoisotopic (exact) mass is 382 g/mol. The van der Waals surface area contributed by atoms with Crippen LogP contribution in [0.3, 0.4) is 0 Å². The predicted molar refractivity (Wildman–Crippen MR) is 109 cm³/mol. The van der Waals surface area contributed by atoms with Gasteiger partial charge in [0.05, 0.1) is 10.2 Å². The minimum Gasteiger partial charge on any atom is -0.451 e. The Labute approximate surface area is 159 Å². The molecule has 0 saturated carbocycles. The molecule has 0 aliphatic rings. The number of nitrogens with zero attached hydrogens (tertiary/aromatic N) is 2. The molecule has 0 atom stereocenters. The molecule has 0 spiro atoms. The van der Waals surface area contributed by atoms with E-state index < -0.39 is 0 Å². The maximum Gasteiger partial charge on any atom is 0.315 e. The highest BCUT2D eigenvalue weighted by Gasteiger charge is 2.13. The standard InChI is InChI=1S/C20H18N2O2S2/c1-13-7-8-15-18(11-13)26-20(22(15)9-10-25-2)21-19(23)17-12-14-5-3-4-6-16(14)24-17/h3-8,11-12H,9-10H2,1-2H3. The summed E-state index contributed by atoms with van der Waals surface area (Å²) in [4.78, 5) is 17.8. The van der Waals surface area contributed by atoms with Crippen molar-refractivity contribution in [3.05, 3.63) is 64.7 Å². The van der Waals surface area contributed by atoms with E-state index in [2.05, 4.69) is 40.9 Å². The molecule has 0 fully saturated rings. The first-order chi connectivity index (χ1) is 12.7. The van der Waals surface area contributed by atoms with Crippen LogP contribution in [-0.4, -0.2) is 22.5 Å². The molecule has 2 aromatic carbocycles. The molecule has 0 saturated heterocycles. The number of fused-ring (bicyclic) bond motifs is 2. The number of aromatic nitrogens is 1. The molecule has 0 bridgehead atoms. The van der Waals surface area contributed by atoms with Crippen LogP contribution in [0.1, 0.15) is 16.1 Å². The lowest BCUT2D eigenvalue weighted by atomic mass is 10.2. The van der Waals surface area contributed by atoms with Gasteiger partial charge in [-0.25, -0.2) is 0 Å². The number of furan rings is 1. The number of hydrogen-bond acceptors (Lipinski definition) is 4. The van der Waals surface area contributed by atoms with E-state index in [1.165, 1.54) is 5.56 Å². The molecule has 4 rings (SSSR count). The fourth-order valence-corrected chi connectivity index (χ4v) is 4.41. The Morgan fingerprint density at radius 1 is 1.23 bits per heavy atom. The summed E-state index contributed by atoms with van der Waals surface area (Å²) >= 11 is 3.32. The number of amides is 1. The number of rotatable bonds is 4. The number of carbonyl (C=O) groups is 1. The van der Waals surface area contributed by atoms with Gasteiger partial charge in [0, 0.05) is 17.7 Å². The van der Waals surface area contributed by atoms with Crippen molar-refractivity contribution in [2.24, 2.45) is 4.99 Å². The number of carbonyl (C=O) groups excluding carboxylic acids is 1. The summed E-state index contributed by atoms with van der Waals surface area (Å²) in [5.41, 5.74) is 3.02. The van der Waals surface area contributed by atoms with Crippen molar-refractivity contribution in [2.45, 2.75) is 13.5 Å². The second-order valence-corrected chi connectivity index (χ2v) is 8.06. The third kappa shape index (κ3) is 3.22. The average molecular weight is 383 g/mol. The normalized spacial score (nSPS) is 12.3. The first-order valence-corrected chi connectivity index (χ1v) is 10.5. The van der Waals surface area contributed by atoms with E-state index in [0.717, 1.165) is 27.9 Å². The molecule has 4 aromatic rings. The fraction of sp³-hybridized carbons (Fsp3) is 0.200. The molecule has 0 unspecified atom stereocenters. The van der Waals surface area contributed by atoms with Gasteiger partial charge >= 0.3 is 5.91 Å². The predicted octanol–water partition coefficient (Wildman–Crippen LogP) is 4.86. The molecule has 132 valence electrons. The number of thioether (sulfide) groups is 1. The van der Waals surface area contributed by atoms with Crippen molar-refractivity contribution < 1.29 is 9.21 Å². The summed E-state index contributed by atoms with van der Waals surface area (Å²) in [6.45, 7) is 2.89. The summed E-state index contributed by atoms with van der Waals surface area (Å²) < 4.78 is 8.93. The van der Waals surface area contributed by atoms with Gasteiger partial charge in [0.1, 0.15) is 5.58 Å². The lowest BCUT2D eigenvalue weighted by Crippen LogP contribution is -2.18. The van der Waals surface area contributed by atoms with Crippen molar-refractivity contribution in [3.8, 4) is 0 Å². The Morgan fingerprint density at radius 2 is 2.08 bits per heavy atom. The highest BCUT2D eigenvalue weighted by atomic mass is 32.2. The zero-order chi connectivity index (χ0) is 18.1. The van der Waals surface area contributed by atoms with Gasteiger partial charge in [0.15, 0.2) is 10.6 Å². The van der Waals surface area contributed by atoms with Gasteiger partial charge in [-0.3, -0.25) is 4.79 Å². The maximum atomic E-state index is 12.7. The minimum absolute atomic E-state index is 0.274. The van der Waals surface area contributed by atoms with Crippen molar-refractivity contribution in [2.75, 3.05) is 12.0 Å². The molecule has 4 nitrogen and oxygen atoms in total. The molecule has 2 aromatic heterocycles. The molecule has 0 N–H and O–H groups in total. The largest absolute Gasteiger partial charge is 0.451 e. The summed E-state index contributed by atoms with van der Waals surface area (Å²) in [5, 5.41) is 0.910. The van der Waals surface area contributed by atoms with E-state index in [9.17, 15) is 4.79 Å². The highest BCUT2D eigenvalue weighted by Crippen LogP contribution is 2.21. The zero-order valence-electron chi connectivity index (χ0n) is 14.6. The van der Waals surface area contributed by atoms with Crippen LogP contribution in [0.2, 0.25) is 0 Å². The first kappa shape index (κ1) is 17.1. The van der Waals surface area contributed by atoms with Crippen molar-refractivity contribution in [3.63, 3.8) is 0 Å². The molecule has 6 heteroatoms.